The van der Waals surface area contributed by atoms with E-state index >= 15 is 0 Å². The zero-order valence-corrected chi connectivity index (χ0v) is 20.3. The molecule has 33 heavy (non-hydrogen) atoms. The van der Waals surface area contributed by atoms with E-state index in [9.17, 15) is 14.4 Å². The number of benzene rings is 1. The summed E-state index contributed by atoms with van der Waals surface area (Å²) in [5.41, 5.74) is 0.655. The third-order valence-electron chi connectivity index (χ3n) is 5.96. The Morgan fingerprint density at radius 3 is 2.76 bits per heavy atom. The molecular formula is C22H27N5O4S2. The fourth-order valence-electron chi connectivity index (χ4n) is 3.97. The van der Waals surface area contributed by atoms with E-state index in [1.54, 1.807) is 24.1 Å². The van der Waals surface area contributed by atoms with Crippen molar-refractivity contribution >= 4 is 51.6 Å². The van der Waals surface area contributed by atoms with Crippen LogP contribution in [-0.2, 0) is 14.4 Å². The molecule has 0 saturated carbocycles. The fraction of sp³-hybridized carbons (Fsp3) is 0.500. The molecule has 2 aromatic rings. The number of amides is 3. The van der Waals surface area contributed by atoms with Crippen molar-refractivity contribution in [1.82, 2.24) is 15.1 Å². The normalized spacial score (nSPS) is 19.1. The van der Waals surface area contributed by atoms with Crippen LogP contribution in [0.25, 0.3) is 0 Å². The van der Waals surface area contributed by atoms with Crippen molar-refractivity contribution in [2.75, 3.05) is 42.7 Å². The van der Waals surface area contributed by atoms with Gasteiger partial charge in [-0.2, -0.15) is 0 Å². The largest absolute Gasteiger partial charge is 0.495 e. The number of ether oxygens (including phenoxy) is 1. The molecular weight excluding hydrogens is 462 g/mol. The number of nitrogens with one attached hydrogen (secondary N) is 1. The van der Waals surface area contributed by atoms with Crippen molar-refractivity contribution in [3.05, 3.63) is 24.3 Å². The van der Waals surface area contributed by atoms with Crippen LogP contribution in [0.15, 0.2) is 28.6 Å². The predicted octanol–water partition coefficient (Wildman–Crippen LogP) is 2.89. The van der Waals surface area contributed by atoms with Crippen molar-refractivity contribution in [2.24, 2.45) is 11.8 Å². The minimum Gasteiger partial charge on any atom is -0.495 e. The molecule has 2 aliphatic rings. The van der Waals surface area contributed by atoms with Gasteiger partial charge in [-0.3, -0.25) is 14.4 Å². The number of methoxy groups -OCH3 is 1. The molecule has 3 heterocycles. The maximum Gasteiger partial charge on any atom is 0.233 e. The first-order chi connectivity index (χ1) is 15.9. The summed E-state index contributed by atoms with van der Waals surface area (Å²) in [4.78, 5) is 41.2. The Hall–Kier alpha value is -2.66. The molecule has 1 unspecified atom stereocenters. The van der Waals surface area contributed by atoms with Gasteiger partial charge < -0.3 is 19.9 Å². The van der Waals surface area contributed by atoms with E-state index in [4.69, 9.17) is 4.74 Å². The van der Waals surface area contributed by atoms with Crippen molar-refractivity contribution in [3.8, 4) is 5.75 Å². The number of nitrogens with zero attached hydrogens (tertiary/aromatic N) is 4. The lowest BCUT2D eigenvalue weighted by atomic mass is 9.99. The van der Waals surface area contributed by atoms with Crippen molar-refractivity contribution < 1.29 is 19.1 Å². The second kappa shape index (κ2) is 10.5. The van der Waals surface area contributed by atoms with Gasteiger partial charge in [0, 0.05) is 26.1 Å². The van der Waals surface area contributed by atoms with Crippen LogP contribution in [0.4, 0.5) is 10.8 Å². The van der Waals surface area contributed by atoms with Gasteiger partial charge in [-0.15, -0.1) is 10.2 Å². The van der Waals surface area contributed by atoms with Gasteiger partial charge in [0.25, 0.3) is 0 Å². The number of likely N-dealkylation sites (tertiary alicyclic amines) is 1. The summed E-state index contributed by atoms with van der Waals surface area (Å²) in [5, 5.41) is 11.2. The maximum absolute atomic E-state index is 12.8. The Balaban J connectivity index is 1.29. The van der Waals surface area contributed by atoms with E-state index in [-0.39, 0.29) is 30.7 Å². The Morgan fingerprint density at radius 1 is 1.24 bits per heavy atom. The van der Waals surface area contributed by atoms with Crippen LogP contribution in [0.3, 0.4) is 0 Å². The van der Waals surface area contributed by atoms with Crippen molar-refractivity contribution in [1.29, 1.82) is 0 Å². The van der Waals surface area contributed by atoms with E-state index in [1.807, 2.05) is 17.0 Å². The van der Waals surface area contributed by atoms with Gasteiger partial charge in [0.15, 0.2) is 4.34 Å². The number of carbonyl (C=O) groups is 3. The van der Waals surface area contributed by atoms with E-state index in [0.29, 0.717) is 32.6 Å². The van der Waals surface area contributed by atoms with Gasteiger partial charge >= 0.3 is 0 Å². The molecule has 11 heteroatoms. The topological polar surface area (TPSA) is 105 Å². The van der Waals surface area contributed by atoms with Gasteiger partial charge in [0.05, 0.1) is 24.5 Å². The number of anilines is 2. The lowest BCUT2D eigenvalue weighted by Crippen LogP contribution is -2.38. The molecule has 176 valence electrons. The van der Waals surface area contributed by atoms with Crippen molar-refractivity contribution in [3.63, 3.8) is 0 Å². The number of hydrogen-bond donors (Lipinski definition) is 1. The number of carbonyl (C=O) groups excluding carboxylic acids is 3. The molecule has 1 atom stereocenters. The average Bonchev–Trinajstić information content (AvgIpc) is 3.44. The Bertz CT molecular complexity index is 1020. The predicted molar refractivity (Wildman–Crippen MR) is 128 cm³/mol. The molecule has 1 N–H and O–H groups in total. The van der Waals surface area contributed by atoms with Crippen LogP contribution < -0.4 is 15.0 Å². The smallest absolute Gasteiger partial charge is 0.233 e. The van der Waals surface area contributed by atoms with Crippen LogP contribution in [-0.4, -0.2) is 65.3 Å². The molecule has 1 aromatic carbocycles. The Labute approximate surface area is 200 Å². The summed E-state index contributed by atoms with van der Waals surface area (Å²) in [5.74, 6) is 0.784. The van der Waals surface area contributed by atoms with E-state index in [1.165, 1.54) is 23.1 Å². The van der Waals surface area contributed by atoms with Crippen molar-refractivity contribution in [2.45, 2.75) is 30.5 Å². The molecule has 2 aliphatic heterocycles. The summed E-state index contributed by atoms with van der Waals surface area (Å²) in [7, 11) is 1.55. The third kappa shape index (κ3) is 5.64. The molecule has 0 aliphatic carbocycles. The summed E-state index contributed by atoms with van der Waals surface area (Å²) >= 11 is 2.56. The van der Waals surface area contributed by atoms with Gasteiger partial charge in [0.1, 0.15) is 5.75 Å². The number of piperidine rings is 1. The minimum absolute atomic E-state index is 0.105. The monoisotopic (exact) mass is 489 g/mol. The maximum atomic E-state index is 12.8. The van der Waals surface area contributed by atoms with Gasteiger partial charge in [-0.1, -0.05) is 42.2 Å². The highest BCUT2D eigenvalue weighted by molar-refractivity contribution is 8.01. The first-order valence-corrected chi connectivity index (χ1v) is 12.7. The van der Waals surface area contributed by atoms with Crippen LogP contribution in [0, 0.1) is 11.8 Å². The highest BCUT2D eigenvalue weighted by Gasteiger charge is 2.36. The number of para-hydroxylation sites is 2. The number of rotatable bonds is 7. The SMILES string of the molecule is COc1ccccc1N1CC(C(=O)Nc2nnc(SCC(=O)N3CCC(C)CC3)s2)CC1=O. The quantitative estimate of drug-likeness (QED) is 0.471. The Morgan fingerprint density at radius 2 is 2.00 bits per heavy atom. The lowest BCUT2D eigenvalue weighted by Gasteiger charge is -2.30. The van der Waals surface area contributed by atoms with E-state index in [0.717, 1.165) is 25.9 Å². The zero-order valence-electron chi connectivity index (χ0n) is 18.7. The molecule has 1 aromatic heterocycles. The van der Waals surface area contributed by atoms with Gasteiger partial charge in [0.2, 0.25) is 22.9 Å². The first kappa shape index (κ1) is 23.5. The molecule has 0 bridgehead atoms. The lowest BCUT2D eigenvalue weighted by molar-refractivity contribution is -0.129. The van der Waals surface area contributed by atoms with Crippen LogP contribution in [0.2, 0.25) is 0 Å². The van der Waals surface area contributed by atoms with Gasteiger partial charge in [-0.25, -0.2) is 0 Å². The molecule has 2 fully saturated rings. The van der Waals surface area contributed by atoms with Crippen LogP contribution >= 0.6 is 23.1 Å². The molecule has 3 amide bonds. The minimum atomic E-state index is -0.495. The zero-order chi connectivity index (χ0) is 23.4. The van der Waals surface area contributed by atoms with Crippen LogP contribution in [0.5, 0.6) is 5.75 Å². The highest BCUT2D eigenvalue weighted by Crippen LogP contribution is 2.33. The molecule has 0 radical (unpaired) electrons. The summed E-state index contributed by atoms with van der Waals surface area (Å²) < 4.78 is 5.97. The first-order valence-electron chi connectivity index (χ1n) is 10.9. The number of aromatic nitrogens is 2. The van der Waals surface area contributed by atoms with E-state index < -0.39 is 5.92 Å². The van der Waals surface area contributed by atoms with E-state index in [2.05, 4.69) is 22.4 Å². The average molecular weight is 490 g/mol. The molecule has 4 rings (SSSR count). The summed E-state index contributed by atoms with van der Waals surface area (Å²) in [6.07, 6.45) is 2.21. The summed E-state index contributed by atoms with van der Waals surface area (Å²) in [6, 6.07) is 7.25. The second-order valence-electron chi connectivity index (χ2n) is 8.29. The second-order valence-corrected chi connectivity index (χ2v) is 10.5. The third-order valence-corrected chi connectivity index (χ3v) is 7.92. The van der Waals surface area contributed by atoms with Gasteiger partial charge in [-0.05, 0) is 30.9 Å². The molecule has 2 saturated heterocycles. The number of hydrogen-bond acceptors (Lipinski definition) is 8. The fourth-order valence-corrected chi connectivity index (χ4v) is 5.63. The number of thioether (sulfide) groups is 1. The molecule has 0 spiro atoms. The Kier molecular flexibility index (Phi) is 7.49. The molecule has 9 nitrogen and oxygen atoms in total. The standard InChI is InChI=1S/C22H27N5O4S2/c1-14-7-9-26(10-8-14)19(29)13-32-22-25-24-21(33-22)23-20(30)15-11-18(28)27(12-15)16-5-3-4-6-17(16)31-2/h3-6,14-15H,7-13H2,1-2H3,(H,23,24,30). The summed E-state index contributed by atoms with van der Waals surface area (Å²) in [6.45, 7) is 4.10. The highest BCUT2D eigenvalue weighted by atomic mass is 32.2. The van der Waals surface area contributed by atoms with Crippen LogP contribution in [0.1, 0.15) is 26.2 Å².